The number of nitrogens with zero attached hydrogens (tertiary/aromatic N) is 4. The van der Waals surface area contributed by atoms with E-state index in [0.717, 1.165) is 10.4 Å². The van der Waals surface area contributed by atoms with Gasteiger partial charge in [0.2, 0.25) is 0 Å². The summed E-state index contributed by atoms with van der Waals surface area (Å²) in [6.07, 6.45) is 1.77. The molecule has 0 spiro atoms. The second-order valence-corrected chi connectivity index (χ2v) is 9.59. The number of imidazole rings is 1. The van der Waals surface area contributed by atoms with Gasteiger partial charge in [-0.3, -0.25) is 4.40 Å². The van der Waals surface area contributed by atoms with Gasteiger partial charge in [0.15, 0.2) is 15.1 Å². The van der Waals surface area contributed by atoms with Gasteiger partial charge >= 0.3 is 0 Å². The molecule has 1 unspecified atom stereocenters. The second-order valence-electron chi connectivity index (χ2n) is 6.51. The predicted octanol–water partition coefficient (Wildman–Crippen LogP) is 1.57. The lowest BCUT2D eigenvalue weighted by Crippen LogP contribution is -2.39. The molecule has 0 saturated carbocycles. The third-order valence-electron chi connectivity index (χ3n) is 4.43. The lowest BCUT2D eigenvalue weighted by Gasteiger charge is -2.20. The molecule has 3 N–H and O–H groups in total. The Morgan fingerprint density at radius 1 is 1.43 bits per heavy atom. The van der Waals surface area contributed by atoms with E-state index in [-0.39, 0.29) is 41.0 Å². The SMILES string of the molecule is N#Cc1ccc(O)cc1F.O=S(=O)(c1c(Cl)nc2sccn12)N1CCC(O)(CO)C1. The molecule has 1 aromatic carbocycles. The van der Waals surface area contributed by atoms with Crippen molar-refractivity contribution in [2.24, 2.45) is 0 Å². The molecule has 1 fully saturated rings. The summed E-state index contributed by atoms with van der Waals surface area (Å²) in [6, 6.07) is 5.03. The van der Waals surface area contributed by atoms with Crippen LogP contribution in [0.15, 0.2) is 34.8 Å². The molecular weight excluding hydrogens is 459 g/mol. The van der Waals surface area contributed by atoms with Crippen LogP contribution in [0.5, 0.6) is 5.75 Å². The van der Waals surface area contributed by atoms with E-state index in [1.54, 1.807) is 17.6 Å². The van der Waals surface area contributed by atoms with Gasteiger partial charge in [0, 0.05) is 30.7 Å². The van der Waals surface area contributed by atoms with Gasteiger partial charge in [-0.2, -0.15) is 9.57 Å². The second kappa shape index (κ2) is 8.46. The molecule has 1 aliphatic heterocycles. The van der Waals surface area contributed by atoms with Crippen molar-refractivity contribution < 1.29 is 28.1 Å². The fraction of sp³-hybridized carbons (Fsp3) is 0.294. The van der Waals surface area contributed by atoms with Gasteiger partial charge in [0.1, 0.15) is 23.2 Å². The van der Waals surface area contributed by atoms with Crippen LogP contribution in [0.25, 0.3) is 4.96 Å². The molecule has 1 aliphatic rings. The van der Waals surface area contributed by atoms with Gasteiger partial charge in [0.05, 0.1) is 12.2 Å². The normalized spacial score (nSPS) is 19.4. The minimum Gasteiger partial charge on any atom is -0.508 e. The van der Waals surface area contributed by atoms with E-state index in [9.17, 15) is 17.9 Å². The van der Waals surface area contributed by atoms with E-state index >= 15 is 0 Å². The number of aliphatic hydroxyl groups is 2. The molecule has 9 nitrogen and oxygen atoms in total. The van der Waals surface area contributed by atoms with Crippen molar-refractivity contribution in [2.75, 3.05) is 19.7 Å². The molecule has 0 amide bonds. The first-order valence-electron chi connectivity index (χ1n) is 8.44. The number of aromatic hydroxyl groups is 1. The summed E-state index contributed by atoms with van der Waals surface area (Å²) in [4.78, 5) is 4.49. The Morgan fingerprint density at radius 2 is 2.17 bits per heavy atom. The van der Waals surface area contributed by atoms with Crippen LogP contribution in [0, 0.1) is 17.1 Å². The van der Waals surface area contributed by atoms with E-state index in [4.69, 9.17) is 27.1 Å². The number of rotatable bonds is 3. The zero-order valence-corrected chi connectivity index (χ0v) is 17.6. The first-order chi connectivity index (χ1) is 14.1. The number of phenols is 1. The molecule has 160 valence electrons. The highest BCUT2D eigenvalue weighted by atomic mass is 35.5. The van der Waals surface area contributed by atoms with Crippen LogP contribution in [0.4, 0.5) is 4.39 Å². The number of fused-ring (bicyclic) bond motifs is 1. The van der Waals surface area contributed by atoms with Crippen molar-refractivity contribution >= 4 is 37.9 Å². The topological polar surface area (TPSA) is 139 Å². The lowest BCUT2D eigenvalue weighted by atomic mass is 10.1. The van der Waals surface area contributed by atoms with Gasteiger partial charge in [-0.1, -0.05) is 11.6 Å². The van der Waals surface area contributed by atoms with Crippen LogP contribution >= 0.6 is 22.9 Å². The quantitative estimate of drug-likeness (QED) is 0.523. The standard InChI is InChI=1S/C10H12ClN3O4S2.C7H4FNO/c11-7-8(14-3-4-19-9(14)12-7)20(17,18)13-2-1-10(16,5-13)6-15;8-7-3-6(10)2-1-5(7)4-9/h3-4,15-16H,1-2,5-6H2;1-3,10H. The van der Waals surface area contributed by atoms with Crippen LogP contribution in [0.1, 0.15) is 12.0 Å². The third kappa shape index (κ3) is 4.27. The summed E-state index contributed by atoms with van der Waals surface area (Å²) in [7, 11) is -3.87. The number of aromatic nitrogens is 2. The molecule has 0 aliphatic carbocycles. The van der Waals surface area contributed by atoms with Crippen molar-refractivity contribution in [3.8, 4) is 11.8 Å². The minimum atomic E-state index is -3.87. The monoisotopic (exact) mass is 474 g/mol. The fourth-order valence-electron chi connectivity index (χ4n) is 2.84. The lowest BCUT2D eigenvalue weighted by molar-refractivity contribution is -0.000746. The van der Waals surface area contributed by atoms with Gasteiger partial charge < -0.3 is 15.3 Å². The zero-order chi connectivity index (χ0) is 22.1. The third-order valence-corrected chi connectivity index (χ3v) is 7.43. The van der Waals surface area contributed by atoms with Crippen LogP contribution < -0.4 is 0 Å². The van der Waals surface area contributed by atoms with Gasteiger partial charge in [-0.25, -0.2) is 17.8 Å². The Balaban J connectivity index is 0.000000216. The van der Waals surface area contributed by atoms with Crippen LogP contribution in [0.2, 0.25) is 5.15 Å². The molecule has 2 aromatic heterocycles. The first kappa shape index (κ1) is 22.4. The Kier molecular flexibility index (Phi) is 6.32. The maximum absolute atomic E-state index is 12.6. The summed E-state index contributed by atoms with van der Waals surface area (Å²) < 4.78 is 40.3. The molecule has 30 heavy (non-hydrogen) atoms. The van der Waals surface area contributed by atoms with E-state index in [2.05, 4.69) is 4.98 Å². The highest BCUT2D eigenvalue weighted by Crippen LogP contribution is 2.32. The van der Waals surface area contributed by atoms with Crippen molar-refractivity contribution in [2.45, 2.75) is 17.0 Å². The van der Waals surface area contributed by atoms with Crippen molar-refractivity contribution in [1.29, 1.82) is 5.26 Å². The largest absolute Gasteiger partial charge is 0.508 e. The number of aliphatic hydroxyl groups excluding tert-OH is 1. The molecule has 1 atom stereocenters. The Morgan fingerprint density at radius 3 is 2.77 bits per heavy atom. The van der Waals surface area contributed by atoms with E-state index < -0.39 is 28.0 Å². The summed E-state index contributed by atoms with van der Waals surface area (Å²) in [5, 5.41) is 37.5. The van der Waals surface area contributed by atoms with E-state index in [0.29, 0.717) is 4.96 Å². The number of nitriles is 1. The Hall–Kier alpha value is -2.27. The van der Waals surface area contributed by atoms with Crippen molar-refractivity contribution in [3.63, 3.8) is 0 Å². The average molecular weight is 475 g/mol. The number of halogens is 2. The summed E-state index contributed by atoms with van der Waals surface area (Å²) in [5.74, 6) is -0.862. The summed E-state index contributed by atoms with van der Waals surface area (Å²) in [5.41, 5.74) is -1.45. The fourth-order valence-corrected chi connectivity index (χ4v) is 5.77. The highest BCUT2D eigenvalue weighted by Gasteiger charge is 2.43. The molecular formula is C17H16ClFN4O5S2. The summed E-state index contributed by atoms with van der Waals surface area (Å²) in [6.45, 7) is -0.500. The van der Waals surface area contributed by atoms with Crippen LogP contribution in [0.3, 0.4) is 0 Å². The number of hydrogen-bond acceptors (Lipinski definition) is 8. The molecule has 3 heterocycles. The van der Waals surface area contributed by atoms with Gasteiger partial charge in [0.25, 0.3) is 10.0 Å². The molecule has 0 radical (unpaired) electrons. The molecule has 1 saturated heterocycles. The smallest absolute Gasteiger partial charge is 0.262 e. The maximum atomic E-state index is 12.6. The van der Waals surface area contributed by atoms with Gasteiger partial charge in [-0.15, -0.1) is 11.3 Å². The van der Waals surface area contributed by atoms with Crippen LogP contribution in [-0.4, -0.2) is 62.7 Å². The van der Waals surface area contributed by atoms with E-state index in [1.807, 2.05) is 0 Å². The zero-order valence-electron chi connectivity index (χ0n) is 15.2. The maximum Gasteiger partial charge on any atom is 0.262 e. The number of hydrogen-bond donors (Lipinski definition) is 3. The molecule has 4 rings (SSSR count). The van der Waals surface area contributed by atoms with Crippen molar-refractivity contribution in [1.82, 2.24) is 13.7 Å². The Bertz CT molecular complexity index is 1220. The van der Waals surface area contributed by atoms with Gasteiger partial charge in [-0.05, 0) is 18.6 Å². The molecule has 13 heteroatoms. The number of sulfonamides is 1. The van der Waals surface area contributed by atoms with E-state index in [1.165, 1.54) is 27.9 Å². The number of phenolic OH excluding ortho intramolecular Hbond substituents is 1. The Labute approximate surface area is 179 Å². The molecule has 0 bridgehead atoms. The average Bonchev–Trinajstić information content (AvgIpc) is 3.37. The number of β-amino-alcohol motifs (C(OH)–C–C–N with tert-alkyl or cyclic N) is 1. The van der Waals surface area contributed by atoms with Crippen LogP contribution in [-0.2, 0) is 10.0 Å². The first-order valence-corrected chi connectivity index (χ1v) is 11.1. The number of thiazole rings is 1. The molecule has 3 aromatic rings. The highest BCUT2D eigenvalue weighted by molar-refractivity contribution is 7.89. The minimum absolute atomic E-state index is 0.0576. The number of benzene rings is 1. The predicted molar refractivity (Wildman–Crippen MR) is 106 cm³/mol. The summed E-state index contributed by atoms with van der Waals surface area (Å²) >= 11 is 7.21. The van der Waals surface area contributed by atoms with Crippen molar-refractivity contribution in [3.05, 3.63) is 46.3 Å².